The zero-order chi connectivity index (χ0) is 21.1. The standard InChI is InChI=1S/C23H28O6/c1-28-23(27)12-8-3-2-7-11-19-20(22(26)15-21(19)25)14-13-17(24)16-29-18-9-5-4-6-10-18/h3-7,9-10,13-14,17,19-20,22,24,26H,8,11-12,15-16H2,1H3/b14-13-/t2?,17?,19-,20-,22+/m0/s1. The van der Waals surface area contributed by atoms with Crippen molar-refractivity contribution in [3.63, 3.8) is 0 Å². The van der Waals surface area contributed by atoms with E-state index in [1.165, 1.54) is 7.11 Å². The van der Waals surface area contributed by atoms with Gasteiger partial charge in [0.25, 0.3) is 0 Å². The largest absolute Gasteiger partial charge is 0.491 e. The van der Waals surface area contributed by atoms with Gasteiger partial charge in [-0.15, -0.1) is 5.73 Å². The predicted molar refractivity (Wildman–Crippen MR) is 108 cm³/mol. The summed E-state index contributed by atoms with van der Waals surface area (Å²) in [5.74, 6) is -0.336. The highest BCUT2D eigenvalue weighted by atomic mass is 16.5. The van der Waals surface area contributed by atoms with Gasteiger partial charge in [-0.2, -0.15) is 0 Å². The first-order chi connectivity index (χ1) is 14.0. The molecule has 0 aromatic heterocycles. The lowest BCUT2D eigenvalue weighted by molar-refractivity contribution is -0.140. The molecule has 0 aliphatic heterocycles. The number of aliphatic hydroxyl groups excluding tert-OH is 2. The van der Waals surface area contributed by atoms with Crippen LogP contribution in [0, 0.1) is 11.8 Å². The van der Waals surface area contributed by atoms with E-state index in [1.807, 2.05) is 18.2 Å². The van der Waals surface area contributed by atoms with Gasteiger partial charge in [0.2, 0.25) is 0 Å². The van der Waals surface area contributed by atoms with E-state index in [0.29, 0.717) is 18.6 Å². The van der Waals surface area contributed by atoms with E-state index in [-0.39, 0.29) is 43.0 Å². The van der Waals surface area contributed by atoms with Gasteiger partial charge in [0, 0.05) is 24.7 Å². The minimum atomic E-state index is -0.840. The summed E-state index contributed by atoms with van der Waals surface area (Å²) < 4.78 is 10.1. The molecule has 0 bridgehead atoms. The van der Waals surface area contributed by atoms with Crippen molar-refractivity contribution >= 4 is 11.8 Å². The van der Waals surface area contributed by atoms with Crippen LogP contribution in [0.1, 0.15) is 25.7 Å². The summed E-state index contributed by atoms with van der Waals surface area (Å²) in [6.45, 7) is 0.0881. The van der Waals surface area contributed by atoms with Gasteiger partial charge in [0.05, 0.1) is 13.2 Å². The maximum Gasteiger partial charge on any atom is 0.305 e. The highest BCUT2D eigenvalue weighted by molar-refractivity contribution is 5.84. The van der Waals surface area contributed by atoms with Crippen LogP contribution in [0.2, 0.25) is 0 Å². The number of allylic oxidation sites excluding steroid dienone is 1. The summed E-state index contributed by atoms with van der Waals surface area (Å²) >= 11 is 0. The van der Waals surface area contributed by atoms with Crippen LogP contribution < -0.4 is 4.74 Å². The normalized spacial score (nSPS) is 22.2. The van der Waals surface area contributed by atoms with Gasteiger partial charge in [-0.25, -0.2) is 0 Å². The first-order valence-corrected chi connectivity index (χ1v) is 9.72. The first kappa shape index (κ1) is 22.6. The summed E-state index contributed by atoms with van der Waals surface area (Å²) in [4.78, 5) is 23.2. The van der Waals surface area contributed by atoms with Crippen LogP contribution in [0.5, 0.6) is 5.75 Å². The Morgan fingerprint density at radius 1 is 1.31 bits per heavy atom. The number of aliphatic hydroxyl groups is 2. The van der Waals surface area contributed by atoms with Crippen molar-refractivity contribution in [2.24, 2.45) is 11.8 Å². The number of rotatable bonds is 10. The van der Waals surface area contributed by atoms with E-state index < -0.39 is 12.2 Å². The zero-order valence-corrected chi connectivity index (χ0v) is 16.6. The predicted octanol–water partition coefficient (Wildman–Crippen LogP) is 2.60. The molecule has 0 saturated heterocycles. The number of carbonyl (C=O) groups is 2. The number of para-hydroxylation sites is 1. The SMILES string of the molecule is COC(=O)CCC=C=CC[C@@H]1C(=O)C[C@@H](O)[C@H]1/C=C\C(O)COc1ccccc1. The average molecular weight is 400 g/mol. The second-order valence-corrected chi connectivity index (χ2v) is 6.92. The second kappa shape index (κ2) is 12.0. The molecule has 1 aromatic carbocycles. The Morgan fingerprint density at radius 2 is 2.07 bits per heavy atom. The molecule has 156 valence electrons. The van der Waals surface area contributed by atoms with Crippen molar-refractivity contribution in [2.75, 3.05) is 13.7 Å². The maximum atomic E-state index is 12.2. The van der Waals surface area contributed by atoms with Gasteiger partial charge in [0.1, 0.15) is 24.2 Å². The Hall–Kier alpha value is -2.66. The molecule has 1 aromatic rings. The van der Waals surface area contributed by atoms with E-state index in [2.05, 4.69) is 10.5 Å². The Balaban J connectivity index is 1.86. The summed E-state index contributed by atoms with van der Waals surface area (Å²) in [6, 6.07) is 9.18. The third-order valence-corrected chi connectivity index (χ3v) is 4.78. The van der Waals surface area contributed by atoms with Gasteiger partial charge < -0.3 is 19.7 Å². The lowest BCUT2D eigenvalue weighted by Crippen LogP contribution is -2.20. The molecule has 0 heterocycles. The number of methoxy groups -OCH3 is 1. The van der Waals surface area contributed by atoms with Crippen molar-refractivity contribution in [2.45, 2.75) is 37.9 Å². The topological polar surface area (TPSA) is 93.1 Å². The van der Waals surface area contributed by atoms with Gasteiger partial charge in [-0.1, -0.05) is 30.4 Å². The van der Waals surface area contributed by atoms with Gasteiger partial charge >= 0.3 is 5.97 Å². The van der Waals surface area contributed by atoms with Crippen molar-refractivity contribution < 1.29 is 29.3 Å². The molecule has 1 fully saturated rings. The molecule has 1 unspecified atom stereocenters. The summed E-state index contributed by atoms with van der Waals surface area (Å²) in [6.07, 6.45) is 6.48. The van der Waals surface area contributed by atoms with Crippen molar-refractivity contribution in [3.05, 3.63) is 60.4 Å². The van der Waals surface area contributed by atoms with Crippen LogP contribution in [-0.4, -0.2) is 47.9 Å². The highest BCUT2D eigenvalue weighted by Gasteiger charge is 2.39. The quantitative estimate of drug-likeness (QED) is 0.356. The minimum absolute atomic E-state index is 0.00483. The van der Waals surface area contributed by atoms with Crippen LogP contribution in [0.4, 0.5) is 0 Å². The number of benzene rings is 1. The summed E-state index contributed by atoms with van der Waals surface area (Å²) in [5.41, 5.74) is 2.97. The molecule has 0 radical (unpaired) electrons. The van der Waals surface area contributed by atoms with E-state index in [9.17, 15) is 19.8 Å². The fourth-order valence-corrected chi connectivity index (χ4v) is 3.19. The maximum absolute atomic E-state index is 12.2. The van der Waals surface area contributed by atoms with Gasteiger partial charge in [-0.3, -0.25) is 9.59 Å². The van der Waals surface area contributed by atoms with Crippen molar-refractivity contribution in [3.8, 4) is 5.75 Å². The molecule has 1 saturated carbocycles. The van der Waals surface area contributed by atoms with Crippen LogP contribution in [0.25, 0.3) is 0 Å². The van der Waals surface area contributed by atoms with E-state index >= 15 is 0 Å². The number of esters is 1. The number of hydrogen-bond acceptors (Lipinski definition) is 6. The van der Waals surface area contributed by atoms with Crippen LogP contribution >= 0.6 is 0 Å². The minimum Gasteiger partial charge on any atom is -0.491 e. The number of ketones is 1. The molecule has 6 nitrogen and oxygen atoms in total. The van der Waals surface area contributed by atoms with E-state index in [1.54, 1.807) is 36.4 Å². The molecule has 6 heteroatoms. The molecule has 2 rings (SSSR count). The molecule has 0 amide bonds. The van der Waals surface area contributed by atoms with E-state index in [0.717, 1.165) is 0 Å². The molecule has 29 heavy (non-hydrogen) atoms. The van der Waals surface area contributed by atoms with Crippen LogP contribution in [-0.2, 0) is 14.3 Å². The Bertz CT molecular complexity index is 748. The lowest BCUT2D eigenvalue weighted by atomic mass is 9.90. The highest BCUT2D eigenvalue weighted by Crippen LogP contribution is 2.33. The number of ether oxygens (including phenoxy) is 2. The molecule has 2 N–H and O–H groups in total. The first-order valence-electron chi connectivity index (χ1n) is 9.72. The monoisotopic (exact) mass is 400 g/mol. The van der Waals surface area contributed by atoms with Crippen LogP contribution in [0.3, 0.4) is 0 Å². The smallest absolute Gasteiger partial charge is 0.305 e. The molecule has 4 atom stereocenters. The fraction of sp³-hybridized carbons (Fsp3) is 0.435. The number of hydrogen-bond donors (Lipinski definition) is 2. The third-order valence-electron chi connectivity index (χ3n) is 4.78. The molecular formula is C23H28O6. The Morgan fingerprint density at radius 3 is 2.79 bits per heavy atom. The van der Waals surface area contributed by atoms with Crippen molar-refractivity contribution in [1.82, 2.24) is 0 Å². The number of Topliss-reactive ketones (excluding diaryl/α,β-unsaturated/α-hetero) is 1. The fourth-order valence-electron chi connectivity index (χ4n) is 3.19. The third kappa shape index (κ3) is 7.70. The molecule has 1 aliphatic carbocycles. The Labute approximate surface area is 171 Å². The molecule has 0 spiro atoms. The van der Waals surface area contributed by atoms with Gasteiger partial charge in [-0.05, 0) is 37.1 Å². The van der Waals surface area contributed by atoms with Crippen molar-refractivity contribution in [1.29, 1.82) is 0 Å². The molecular weight excluding hydrogens is 372 g/mol. The van der Waals surface area contributed by atoms with Crippen LogP contribution in [0.15, 0.2) is 60.4 Å². The zero-order valence-electron chi connectivity index (χ0n) is 16.6. The number of carbonyl (C=O) groups excluding carboxylic acids is 2. The lowest BCUT2D eigenvalue weighted by Gasteiger charge is -2.16. The summed E-state index contributed by atoms with van der Waals surface area (Å²) in [5, 5.41) is 20.3. The molecule has 1 aliphatic rings. The second-order valence-electron chi connectivity index (χ2n) is 6.92. The summed E-state index contributed by atoms with van der Waals surface area (Å²) in [7, 11) is 1.34. The van der Waals surface area contributed by atoms with Gasteiger partial charge in [0.15, 0.2) is 0 Å². The van der Waals surface area contributed by atoms with E-state index in [4.69, 9.17) is 4.74 Å². The average Bonchev–Trinajstić information content (AvgIpc) is 3.00. The Kier molecular flexibility index (Phi) is 9.38.